The van der Waals surface area contributed by atoms with Gasteiger partial charge in [0.25, 0.3) is 0 Å². The molecule has 1 aliphatic carbocycles. The van der Waals surface area contributed by atoms with Crippen molar-refractivity contribution in [2.24, 2.45) is 11.1 Å². The molecule has 0 atom stereocenters. The summed E-state index contributed by atoms with van der Waals surface area (Å²) in [5.74, 6) is 0.349. The summed E-state index contributed by atoms with van der Waals surface area (Å²) in [5.41, 5.74) is 5.57. The van der Waals surface area contributed by atoms with Gasteiger partial charge in [0.1, 0.15) is 0 Å². The number of hydrogen-bond acceptors (Lipinski definition) is 4. The molecule has 1 heterocycles. The second kappa shape index (κ2) is 4.63. The molecule has 0 aromatic carbocycles. The van der Waals surface area contributed by atoms with E-state index in [2.05, 4.69) is 0 Å². The number of ether oxygens (including phenoxy) is 1. The molecule has 0 unspecified atom stereocenters. The average Bonchev–Trinajstić information content (AvgIpc) is 2.99. The van der Waals surface area contributed by atoms with E-state index in [1.807, 2.05) is 0 Å². The smallest absolute Gasteiger partial charge is 0.153 e. The van der Waals surface area contributed by atoms with Gasteiger partial charge in [-0.2, -0.15) is 0 Å². The van der Waals surface area contributed by atoms with Crippen LogP contribution in [-0.2, 0) is 14.6 Å². The van der Waals surface area contributed by atoms with Crippen LogP contribution in [0.1, 0.15) is 32.1 Å². The Kier molecular flexibility index (Phi) is 3.56. The van der Waals surface area contributed by atoms with Gasteiger partial charge in [0.15, 0.2) is 9.84 Å². The standard InChI is InChI=1S/C11H21NO3S/c12-6-5-11(3-4-11)9-16(13,14)10-1-7-15-8-2-10/h10H,1-9,12H2. The first-order valence-electron chi connectivity index (χ1n) is 6.07. The lowest BCUT2D eigenvalue weighted by atomic mass is 10.1. The zero-order valence-corrected chi connectivity index (χ0v) is 10.5. The summed E-state index contributed by atoms with van der Waals surface area (Å²) < 4.78 is 29.6. The van der Waals surface area contributed by atoms with Gasteiger partial charge in [-0.3, -0.25) is 0 Å². The van der Waals surface area contributed by atoms with Crippen LogP contribution >= 0.6 is 0 Å². The third kappa shape index (κ3) is 2.76. The molecule has 2 aliphatic rings. The fourth-order valence-corrected chi connectivity index (χ4v) is 4.96. The van der Waals surface area contributed by atoms with Crippen molar-refractivity contribution in [3.8, 4) is 0 Å². The van der Waals surface area contributed by atoms with E-state index in [0.29, 0.717) is 38.4 Å². The molecule has 1 saturated heterocycles. The van der Waals surface area contributed by atoms with Crippen LogP contribution < -0.4 is 5.73 Å². The van der Waals surface area contributed by atoms with Crippen LogP contribution in [0.2, 0.25) is 0 Å². The average molecular weight is 247 g/mol. The van der Waals surface area contributed by atoms with Gasteiger partial charge in [-0.05, 0) is 44.1 Å². The molecule has 0 aromatic heterocycles. The molecule has 94 valence electrons. The minimum atomic E-state index is -2.94. The quantitative estimate of drug-likeness (QED) is 0.777. The third-order valence-electron chi connectivity index (χ3n) is 3.82. The van der Waals surface area contributed by atoms with Crippen molar-refractivity contribution in [2.45, 2.75) is 37.4 Å². The van der Waals surface area contributed by atoms with Gasteiger partial charge in [0.2, 0.25) is 0 Å². The van der Waals surface area contributed by atoms with E-state index in [-0.39, 0.29) is 10.7 Å². The highest BCUT2D eigenvalue weighted by Crippen LogP contribution is 2.50. The van der Waals surface area contributed by atoms with Crippen LogP contribution in [0.5, 0.6) is 0 Å². The van der Waals surface area contributed by atoms with Crippen LogP contribution in [0.25, 0.3) is 0 Å². The van der Waals surface area contributed by atoms with Gasteiger partial charge in [-0.25, -0.2) is 8.42 Å². The molecule has 0 amide bonds. The van der Waals surface area contributed by atoms with Gasteiger partial charge >= 0.3 is 0 Å². The molecule has 5 heteroatoms. The summed E-state index contributed by atoms with van der Waals surface area (Å²) in [6.45, 7) is 1.78. The molecule has 1 aliphatic heterocycles. The Hall–Kier alpha value is -0.130. The molecule has 2 N–H and O–H groups in total. The maximum Gasteiger partial charge on any atom is 0.153 e. The molecule has 0 aromatic rings. The Morgan fingerprint density at radius 3 is 2.38 bits per heavy atom. The minimum Gasteiger partial charge on any atom is -0.381 e. The van der Waals surface area contributed by atoms with Crippen molar-refractivity contribution in [3.05, 3.63) is 0 Å². The summed E-state index contributed by atoms with van der Waals surface area (Å²) in [6.07, 6.45) is 4.26. The van der Waals surface area contributed by atoms with Gasteiger partial charge in [0.05, 0.1) is 11.0 Å². The van der Waals surface area contributed by atoms with Crippen molar-refractivity contribution in [2.75, 3.05) is 25.5 Å². The maximum atomic E-state index is 12.2. The third-order valence-corrected chi connectivity index (χ3v) is 6.32. The first-order valence-corrected chi connectivity index (χ1v) is 7.79. The van der Waals surface area contributed by atoms with Crippen LogP contribution in [0.15, 0.2) is 0 Å². The largest absolute Gasteiger partial charge is 0.381 e. The second-order valence-electron chi connectivity index (χ2n) is 5.16. The predicted octanol–water partition coefficient (Wildman–Crippen LogP) is 0.709. The Labute approximate surface area is 97.5 Å². The van der Waals surface area contributed by atoms with Crippen molar-refractivity contribution >= 4 is 9.84 Å². The summed E-state index contributed by atoms with van der Waals surface area (Å²) >= 11 is 0. The highest BCUT2D eigenvalue weighted by molar-refractivity contribution is 7.92. The molecule has 0 bridgehead atoms. The summed E-state index contributed by atoms with van der Waals surface area (Å²) in [4.78, 5) is 0. The Bertz CT molecular complexity index is 329. The number of nitrogens with two attached hydrogens (primary N) is 1. The molecular formula is C11H21NO3S. The Balaban J connectivity index is 1.96. The normalized spacial score (nSPS) is 25.6. The second-order valence-corrected chi connectivity index (χ2v) is 7.44. The van der Waals surface area contributed by atoms with E-state index in [9.17, 15) is 8.42 Å². The Morgan fingerprint density at radius 2 is 1.88 bits per heavy atom. The van der Waals surface area contributed by atoms with Crippen molar-refractivity contribution in [1.82, 2.24) is 0 Å². The molecule has 16 heavy (non-hydrogen) atoms. The van der Waals surface area contributed by atoms with Crippen molar-refractivity contribution in [1.29, 1.82) is 0 Å². The SMILES string of the molecule is NCCC1(CS(=O)(=O)C2CCOCC2)CC1. The highest BCUT2D eigenvalue weighted by Gasteiger charge is 2.46. The number of rotatable bonds is 5. The van der Waals surface area contributed by atoms with Crippen LogP contribution in [0.4, 0.5) is 0 Å². The zero-order chi connectivity index (χ0) is 11.6. The van der Waals surface area contributed by atoms with E-state index in [1.165, 1.54) is 0 Å². The van der Waals surface area contributed by atoms with E-state index < -0.39 is 9.84 Å². The number of hydrogen-bond donors (Lipinski definition) is 1. The molecule has 4 nitrogen and oxygen atoms in total. The fourth-order valence-electron chi connectivity index (χ4n) is 2.53. The Morgan fingerprint density at radius 1 is 1.25 bits per heavy atom. The number of sulfone groups is 1. The van der Waals surface area contributed by atoms with Crippen molar-refractivity contribution < 1.29 is 13.2 Å². The lowest BCUT2D eigenvalue weighted by molar-refractivity contribution is 0.0982. The fraction of sp³-hybridized carbons (Fsp3) is 1.00. The highest BCUT2D eigenvalue weighted by atomic mass is 32.2. The summed E-state index contributed by atoms with van der Waals surface area (Å²) in [5, 5.41) is -0.170. The van der Waals surface area contributed by atoms with Gasteiger partial charge in [-0.1, -0.05) is 0 Å². The van der Waals surface area contributed by atoms with Crippen LogP contribution in [0.3, 0.4) is 0 Å². The minimum absolute atomic E-state index is 0.0336. The van der Waals surface area contributed by atoms with E-state index in [4.69, 9.17) is 10.5 Å². The zero-order valence-electron chi connectivity index (χ0n) is 9.65. The summed E-state index contributed by atoms with van der Waals surface area (Å²) in [7, 11) is -2.94. The monoisotopic (exact) mass is 247 g/mol. The van der Waals surface area contributed by atoms with Gasteiger partial charge < -0.3 is 10.5 Å². The summed E-state index contributed by atoms with van der Waals surface area (Å²) in [6, 6.07) is 0. The van der Waals surface area contributed by atoms with Gasteiger partial charge in [-0.15, -0.1) is 0 Å². The lowest BCUT2D eigenvalue weighted by Crippen LogP contribution is -2.34. The molecular weight excluding hydrogens is 226 g/mol. The molecule has 2 fully saturated rings. The van der Waals surface area contributed by atoms with E-state index >= 15 is 0 Å². The van der Waals surface area contributed by atoms with Gasteiger partial charge in [0, 0.05) is 13.2 Å². The molecule has 0 spiro atoms. The van der Waals surface area contributed by atoms with E-state index in [0.717, 1.165) is 19.3 Å². The van der Waals surface area contributed by atoms with Crippen LogP contribution in [-0.4, -0.2) is 39.2 Å². The first kappa shape index (κ1) is 12.3. The maximum absolute atomic E-state index is 12.2. The predicted molar refractivity (Wildman–Crippen MR) is 63.0 cm³/mol. The first-order chi connectivity index (χ1) is 7.58. The van der Waals surface area contributed by atoms with E-state index in [1.54, 1.807) is 0 Å². The molecule has 1 saturated carbocycles. The molecule has 0 radical (unpaired) electrons. The topological polar surface area (TPSA) is 69.4 Å². The molecule has 2 rings (SSSR count). The van der Waals surface area contributed by atoms with Crippen molar-refractivity contribution in [3.63, 3.8) is 0 Å². The van der Waals surface area contributed by atoms with Crippen LogP contribution in [0, 0.1) is 5.41 Å². The lowest BCUT2D eigenvalue weighted by Gasteiger charge is -2.24.